The summed E-state index contributed by atoms with van der Waals surface area (Å²) in [5.74, 6) is 0.908. The van der Waals surface area contributed by atoms with Crippen LogP contribution in [0.2, 0.25) is 0 Å². The van der Waals surface area contributed by atoms with E-state index >= 15 is 0 Å². The number of tetrazole rings is 1. The first kappa shape index (κ1) is 8.83. The molecule has 0 aliphatic carbocycles. The highest BCUT2D eigenvalue weighted by Gasteiger charge is 2.13. The molecular formula is C7H12N4O. The van der Waals surface area contributed by atoms with E-state index in [4.69, 9.17) is 0 Å². The van der Waals surface area contributed by atoms with Crippen LogP contribution in [-0.2, 0) is 4.79 Å². The SMILES string of the molecule is CC(C=O)CC(C)c1nn[nH]n1. The van der Waals surface area contributed by atoms with E-state index in [0.29, 0.717) is 5.82 Å². The van der Waals surface area contributed by atoms with Crippen LogP contribution in [0.15, 0.2) is 0 Å². The van der Waals surface area contributed by atoms with Gasteiger partial charge in [0.1, 0.15) is 6.29 Å². The van der Waals surface area contributed by atoms with E-state index in [0.717, 1.165) is 12.7 Å². The molecule has 0 bridgehead atoms. The van der Waals surface area contributed by atoms with Gasteiger partial charge in [-0.3, -0.25) is 0 Å². The highest BCUT2D eigenvalue weighted by Crippen LogP contribution is 2.17. The van der Waals surface area contributed by atoms with Crippen molar-refractivity contribution in [2.75, 3.05) is 0 Å². The molecule has 0 aliphatic rings. The Morgan fingerprint density at radius 2 is 2.33 bits per heavy atom. The van der Waals surface area contributed by atoms with Crippen molar-refractivity contribution in [1.29, 1.82) is 0 Å². The van der Waals surface area contributed by atoms with Crippen molar-refractivity contribution in [3.05, 3.63) is 5.82 Å². The Bertz CT molecular complexity index is 234. The summed E-state index contributed by atoms with van der Waals surface area (Å²) in [5, 5.41) is 13.5. The number of rotatable bonds is 4. The van der Waals surface area contributed by atoms with Crippen molar-refractivity contribution in [1.82, 2.24) is 20.6 Å². The fourth-order valence-electron chi connectivity index (χ4n) is 1.10. The summed E-state index contributed by atoms with van der Waals surface area (Å²) in [6.07, 6.45) is 1.71. The van der Waals surface area contributed by atoms with Gasteiger partial charge in [-0.05, 0) is 6.42 Å². The molecule has 2 unspecified atom stereocenters. The quantitative estimate of drug-likeness (QED) is 0.665. The molecule has 0 spiro atoms. The maximum atomic E-state index is 10.3. The first-order chi connectivity index (χ1) is 5.74. The van der Waals surface area contributed by atoms with E-state index in [2.05, 4.69) is 20.6 Å². The van der Waals surface area contributed by atoms with E-state index in [1.807, 2.05) is 13.8 Å². The Balaban J connectivity index is 2.49. The maximum absolute atomic E-state index is 10.3. The summed E-state index contributed by atoms with van der Waals surface area (Å²) in [5.41, 5.74) is 0. The molecule has 1 aromatic rings. The zero-order chi connectivity index (χ0) is 8.97. The molecular weight excluding hydrogens is 156 g/mol. The van der Waals surface area contributed by atoms with Crippen LogP contribution >= 0.6 is 0 Å². The Morgan fingerprint density at radius 1 is 1.58 bits per heavy atom. The second-order valence-electron chi connectivity index (χ2n) is 3.02. The first-order valence-electron chi connectivity index (χ1n) is 3.92. The number of aldehydes is 1. The van der Waals surface area contributed by atoms with Crippen LogP contribution in [0.4, 0.5) is 0 Å². The molecule has 0 saturated heterocycles. The van der Waals surface area contributed by atoms with Gasteiger partial charge in [-0.25, -0.2) is 0 Å². The number of carbonyl (C=O) groups is 1. The summed E-state index contributed by atoms with van der Waals surface area (Å²) in [6.45, 7) is 3.86. The third-order valence-corrected chi connectivity index (χ3v) is 1.76. The molecule has 12 heavy (non-hydrogen) atoms. The predicted molar refractivity (Wildman–Crippen MR) is 42.4 cm³/mol. The van der Waals surface area contributed by atoms with Crippen molar-refractivity contribution in [2.24, 2.45) is 5.92 Å². The molecule has 0 radical (unpaired) electrons. The standard InChI is InChI=1S/C7H12N4O/c1-5(4-12)3-6(2)7-8-10-11-9-7/h4-6H,3H2,1-2H3,(H,8,9,10,11). The van der Waals surface area contributed by atoms with E-state index in [1.165, 1.54) is 0 Å². The predicted octanol–water partition coefficient (Wildman–Crippen LogP) is 0.528. The summed E-state index contributed by atoms with van der Waals surface area (Å²) < 4.78 is 0. The van der Waals surface area contributed by atoms with Crippen molar-refractivity contribution >= 4 is 6.29 Å². The van der Waals surface area contributed by atoms with Crippen LogP contribution in [0.25, 0.3) is 0 Å². The minimum Gasteiger partial charge on any atom is -0.303 e. The van der Waals surface area contributed by atoms with Gasteiger partial charge in [0.2, 0.25) is 0 Å². The molecule has 0 saturated carbocycles. The van der Waals surface area contributed by atoms with Gasteiger partial charge < -0.3 is 4.79 Å². The smallest absolute Gasteiger partial charge is 0.177 e. The molecule has 1 heterocycles. The van der Waals surface area contributed by atoms with Gasteiger partial charge in [0.25, 0.3) is 0 Å². The monoisotopic (exact) mass is 168 g/mol. The zero-order valence-corrected chi connectivity index (χ0v) is 7.19. The Morgan fingerprint density at radius 3 is 2.83 bits per heavy atom. The van der Waals surface area contributed by atoms with Gasteiger partial charge in [-0.15, -0.1) is 10.2 Å². The number of hydrogen-bond acceptors (Lipinski definition) is 4. The molecule has 1 N–H and O–H groups in total. The van der Waals surface area contributed by atoms with Gasteiger partial charge in [0.05, 0.1) is 0 Å². The van der Waals surface area contributed by atoms with E-state index in [-0.39, 0.29) is 11.8 Å². The minimum absolute atomic E-state index is 0.0542. The summed E-state index contributed by atoms with van der Waals surface area (Å²) in [6, 6.07) is 0. The largest absolute Gasteiger partial charge is 0.303 e. The minimum atomic E-state index is 0.0542. The van der Waals surface area contributed by atoms with E-state index in [9.17, 15) is 4.79 Å². The number of H-pyrrole nitrogens is 1. The summed E-state index contributed by atoms with van der Waals surface area (Å²) in [4.78, 5) is 10.3. The molecule has 5 nitrogen and oxygen atoms in total. The third-order valence-electron chi connectivity index (χ3n) is 1.76. The lowest BCUT2D eigenvalue weighted by Gasteiger charge is -2.07. The topological polar surface area (TPSA) is 71.5 Å². The van der Waals surface area contributed by atoms with Gasteiger partial charge >= 0.3 is 0 Å². The van der Waals surface area contributed by atoms with Crippen molar-refractivity contribution in [2.45, 2.75) is 26.2 Å². The first-order valence-corrected chi connectivity index (χ1v) is 3.92. The van der Waals surface area contributed by atoms with Crippen molar-refractivity contribution in [3.63, 3.8) is 0 Å². The number of aromatic amines is 1. The second kappa shape index (κ2) is 3.94. The highest BCUT2D eigenvalue weighted by atomic mass is 16.1. The molecule has 0 fully saturated rings. The Kier molecular flexibility index (Phi) is 2.90. The normalized spacial score (nSPS) is 15.5. The molecule has 0 amide bonds. The maximum Gasteiger partial charge on any atom is 0.177 e. The van der Waals surface area contributed by atoms with Crippen molar-refractivity contribution < 1.29 is 4.79 Å². The third kappa shape index (κ3) is 2.11. The van der Waals surface area contributed by atoms with Gasteiger partial charge in [-0.2, -0.15) is 5.21 Å². The molecule has 0 aliphatic heterocycles. The molecule has 0 aromatic carbocycles. The number of aromatic nitrogens is 4. The number of hydrogen-bond donors (Lipinski definition) is 1. The fraction of sp³-hybridized carbons (Fsp3) is 0.714. The molecule has 1 rings (SSSR count). The van der Waals surface area contributed by atoms with Gasteiger partial charge in [-0.1, -0.05) is 19.1 Å². The zero-order valence-electron chi connectivity index (χ0n) is 7.19. The van der Waals surface area contributed by atoms with Crippen LogP contribution < -0.4 is 0 Å². The van der Waals surface area contributed by atoms with Crippen molar-refractivity contribution in [3.8, 4) is 0 Å². The van der Waals surface area contributed by atoms with Crippen LogP contribution in [0.1, 0.15) is 32.0 Å². The second-order valence-corrected chi connectivity index (χ2v) is 3.02. The highest BCUT2D eigenvalue weighted by molar-refractivity contribution is 5.52. The van der Waals surface area contributed by atoms with Gasteiger partial charge in [0, 0.05) is 11.8 Å². The van der Waals surface area contributed by atoms with Crippen LogP contribution in [0, 0.1) is 5.92 Å². The lowest BCUT2D eigenvalue weighted by molar-refractivity contribution is -0.110. The molecule has 2 atom stereocenters. The van der Waals surface area contributed by atoms with Crippen LogP contribution in [0.5, 0.6) is 0 Å². The summed E-state index contributed by atoms with van der Waals surface area (Å²) >= 11 is 0. The van der Waals surface area contributed by atoms with Crippen LogP contribution in [0.3, 0.4) is 0 Å². The molecule has 1 aromatic heterocycles. The van der Waals surface area contributed by atoms with Crippen LogP contribution in [-0.4, -0.2) is 26.9 Å². The number of nitrogens with zero attached hydrogens (tertiary/aromatic N) is 3. The average Bonchev–Trinajstić information content (AvgIpc) is 2.56. The van der Waals surface area contributed by atoms with Gasteiger partial charge in [0.15, 0.2) is 5.82 Å². The molecule has 5 heteroatoms. The summed E-state index contributed by atoms with van der Waals surface area (Å²) in [7, 11) is 0. The lowest BCUT2D eigenvalue weighted by Crippen LogP contribution is -2.04. The Hall–Kier alpha value is -1.26. The van der Waals surface area contributed by atoms with E-state index in [1.54, 1.807) is 0 Å². The van der Waals surface area contributed by atoms with E-state index < -0.39 is 0 Å². The number of carbonyl (C=O) groups excluding carboxylic acids is 1. The fourth-order valence-corrected chi connectivity index (χ4v) is 1.10. The lowest BCUT2D eigenvalue weighted by atomic mass is 9.98. The molecule has 66 valence electrons. The number of nitrogens with one attached hydrogen (secondary N) is 1. The average molecular weight is 168 g/mol. The Labute approximate surface area is 70.6 Å².